The fourth-order valence-corrected chi connectivity index (χ4v) is 1.91. The first-order valence-electron chi connectivity index (χ1n) is 6.02. The molecule has 104 valence electrons. The molecule has 2 rings (SSSR count). The van der Waals surface area contributed by atoms with E-state index in [1.807, 2.05) is 0 Å². The topological polar surface area (TPSA) is 40.5 Å². The van der Waals surface area contributed by atoms with Crippen LogP contribution in [-0.2, 0) is 4.79 Å². The summed E-state index contributed by atoms with van der Waals surface area (Å²) >= 11 is 0. The number of aliphatic carboxylic acids is 1. The van der Waals surface area contributed by atoms with E-state index in [1.54, 1.807) is 0 Å². The van der Waals surface area contributed by atoms with Crippen LogP contribution in [-0.4, -0.2) is 17.1 Å². The molecule has 0 aromatic heterocycles. The van der Waals surface area contributed by atoms with Crippen molar-refractivity contribution in [1.82, 2.24) is 0 Å². The average Bonchev–Trinajstić information content (AvgIpc) is 2.43. The summed E-state index contributed by atoms with van der Waals surface area (Å²) in [6, 6.07) is 10.1. The number of hydrogen-bond donors (Lipinski definition) is 1. The SMILES string of the molecule is C[C@@H](C(=O)O)N(c1ccc(F)cc1)c1ccc(F)cc1. The maximum absolute atomic E-state index is 13.0. The van der Waals surface area contributed by atoms with E-state index in [9.17, 15) is 18.7 Å². The summed E-state index contributed by atoms with van der Waals surface area (Å²) in [5.74, 6) is -1.84. The summed E-state index contributed by atoms with van der Waals surface area (Å²) in [5, 5.41) is 9.19. The number of carboxylic acids is 1. The normalized spacial score (nSPS) is 11.9. The van der Waals surface area contributed by atoms with Gasteiger partial charge in [-0.25, -0.2) is 13.6 Å². The molecule has 0 aliphatic heterocycles. The smallest absolute Gasteiger partial charge is 0.326 e. The highest BCUT2D eigenvalue weighted by molar-refractivity contribution is 5.82. The number of rotatable bonds is 4. The summed E-state index contributed by atoms with van der Waals surface area (Å²) in [6.45, 7) is 1.51. The first kappa shape index (κ1) is 14.0. The Morgan fingerprint density at radius 1 is 0.950 bits per heavy atom. The Balaban J connectivity index is 2.46. The van der Waals surface area contributed by atoms with Gasteiger partial charge in [0.15, 0.2) is 0 Å². The molecule has 0 aliphatic rings. The molecule has 1 N–H and O–H groups in total. The lowest BCUT2D eigenvalue weighted by Crippen LogP contribution is -2.35. The molecule has 20 heavy (non-hydrogen) atoms. The number of nitrogens with zero attached hydrogens (tertiary/aromatic N) is 1. The second-order valence-corrected chi connectivity index (χ2v) is 4.34. The zero-order valence-electron chi connectivity index (χ0n) is 10.8. The Kier molecular flexibility index (Phi) is 3.98. The van der Waals surface area contributed by atoms with Crippen LogP contribution in [0.2, 0.25) is 0 Å². The quantitative estimate of drug-likeness (QED) is 0.928. The lowest BCUT2D eigenvalue weighted by Gasteiger charge is -2.28. The molecule has 0 saturated carbocycles. The van der Waals surface area contributed by atoms with Crippen LogP contribution in [0.1, 0.15) is 6.92 Å². The third-order valence-electron chi connectivity index (χ3n) is 2.95. The Morgan fingerprint density at radius 3 is 1.60 bits per heavy atom. The van der Waals surface area contributed by atoms with Gasteiger partial charge in [-0.1, -0.05) is 0 Å². The van der Waals surface area contributed by atoms with E-state index in [0.29, 0.717) is 11.4 Å². The number of carbonyl (C=O) groups is 1. The molecule has 0 radical (unpaired) electrons. The van der Waals surface area contributed by atoms with Crippen molar-refractivity contribution in [2.24, 2.45) is 0 Å². The number of carboxylic acid groups (broad SMARTS) is 1. The van der Waals surface area contributed by atoms with E-state index in [-0.39, 0.29) is 0 Å². The average molecular weight is 277 g/mol. The van der Waals surface area contributed by atoms with Crippen molar-refractivity contribution in [2.45, 2.75) is 13.0 Å². The summed E-state index contributed by atoms with van der Waals surface area (Å²) in [4.78, 5) is 12.7. The third-order valence-corrected chi connectivity index (χ3v) is 2.95. The number of anilines is 2. The Morgan fingerprint density at radius 2 is 1.30 bits per heavy atom. The van der Waals surface area contributed by atoms with Crippen LogP contribution < -0.4 is 4.90 Å². The third kappa shape index (κ3) is 2.93. The Bertz CT molecular complexity index is 551. The van der Waals surface area contributed by atoms with Crippen molar-refractivity contribution in [3.05, 3.63) is 60.2 Å². The lowest BCUT2D eigenvalue weighted by atomic mass is 10.1. The van der Waals surface area contributed by atoms with Crippen LogP contribution in [0.25, 0.3) is 0 Å². The van der Waals surface area contributed by atoms with Crippen LogP contribution >= 0.6 is 0 Å². The van der Waals surface area contributed by atoms with E-state index in [0.717, 1.165) is 0 Å². The highest BCUT2D eigenvalue weighted by Gasteiger charge is 2.22. The Labute approximate surface area is 115 Å². The second-order valence-electron chi connectivity index (χ2n) is 4.34. The number of halogens is 2. The van der Waals surface area contributed by atoms with Crippen LogP contribution in [0.15, 0.2) is 48.5 Å². The highest BCUT2D eigenvalue weighted by atomic mass is 19.1. The molecule has 0 heterocycles. The van der Waals surface area contributed by atoms with Crippen LogP contribution in [0.4, 0.5) is 20.2 Å². The number of hydrogen-bond acceptors (Lipinski definition) is 2. The molecule has 0 fully saturated rings. The van der Waals surface area contributed by atoms with Crippen molar-refractivity contribution in [1.29, 1.82) is 0 Å². The van der Waals surface area contributed by atoms with Gasteiger partial charge in [0, 0.05) is 11.4 Å². The van der Waals surface area contributed by atoms with E-state index in [2.05, 4.69) is 0 Å². The van der Waals surface area contributed by atoms with Gasteiger partial charge in [-0.05, 0) is 55.5 Å². The maximum Gasteiger partial charge on any atom is 0.326 e. The van der Waals surface area contributed by atoms with Gasteiger partial charge >= 0.3 is 5.97 Å². The minimum Gasteiger partial charge on any atom is -0.480 e. The van der Waals surface area contributed by atoms with Crippen LogP contribution in [0, 0.1) is 11.6 Å². The van der Waals surface area contributed by atoms with Crippen LogP contribution in [0.5, 0.6) is 0 Å². The standard InChI is InChI=1S/C15H13F2NO2/c1-10(15(19)20)18(13-6-2-11(16)3-7-13)14-8-4-12(17)5-9-14/h2-10H,1H3,(H,19,20)/t10-/m0/s1. The monoisotopic (exact) mass is 277 g/mol. The van der Waals surface area contributed by atoms with Gasteiger partial charge in [0.25, 0.3) is 0 Å². The molecule has 0 aliphatic carbocycles. The van der Waals surface area contributed by atoms with E-state index >= 15 is 0 Å². The van der Waals surface area contributed by atoms with Gasteiger partial charge in [0.2, 0.25) is 0 Å². The van der Waals surface area contributed by atoms with Gasteiger partial charge in [-0.3, -0.25) is 0 Å². The maximum atomic E-state index is 13.0. The van der Waals surface area contributed by atoms with Crippen molar-refractivity contribution in [2.75, 3.05) is 4.90 Å². The largest absolute Gasteiger partial charge is 0.480 e. The number of benzene rings is 2. The van der Waals surface area contributed by atoms with Gasteiger partial charge in [0.1, 0.15) is 17.7 Å². The molecule has 0 bridgehead atoms. The molecule has 5 heteroatoms. The van der Waals surface area contributed by atoms with Crippen molar-refractivity contribution >= 4 is 17.3 Å². The molecular weight excluding hydrogens is 264 g/mol. The fraction of sp³-hybridized carbons (Fsp3) is 0.133. The molecule has 0 amide bonds. The molecule has 3 nitrogen and oxygen atoms in total. The fourth-order valence-electron chi connectivity index (χ4n) is 1.91. The van der Waals surface area contributed by atoms with E-state index in [1.165, 1.54) is 60.4 Å². The first-order chi connectivity index (χ1) is 9.49. The summed E-state index contributed by atoms with van der Waals surface area (Å²) in [6.07, 6.45) is 0. The van der Waals surface area contributed by atoms with Gasteiger partial charge in [0.05, 0.1) is 0 Å². The molecule has 2 aromatic carbocycles. The van der Waals surface area contributed by atoms with E-state index < -0.39 is 23.6 Å². The molecule has 0 unspecified atom stereocenters. The van der Waals surface area contributed by atoms with Crippen molar-refractivity contribution in [3.8, 4) is 0 Å². The summed E-state index contributed by atoms with van der Waals surface area (Å²) in [7, 11) is 0. The van der Waals surface area contributed by atoms with Gasteiger partial charge in [-0.15, -0.1) is 0 Å². The summed E-state index contributed by atoms with van der Waals surface area (Å²) in [5.41, 5.74) is 1.04. The first-order valence-corrected chi connectivity index (χ1v) is 6.02. The second kappa shape index (κ2) is 5.69. The van der Waals surface area contributed by atoms with Gasteiger partial charge in [-0.2, -0.15) is 0 Å². The van der Waals surface area contributed by atoms with Gasteiger partial charge < -0.3 is 10.0 Å². The molecular formula is C15H13F2NO2. The minimum absolute atomic E-state index is 0.407. The lowest BCUT2D eigenvalue weighted by molar-refractivity contribution is -0.137. The predicted octanol–water partition coefficient (Wildman–Crippen LogP) is 3.58. The van der Waals surface area contributed by atoms with Crippen molar-refractivity contribution < 1.29 is 18.7 Å². The zero-order valence-corrected chi connectivity index (χ0v) is 10.8. The van der Waals surface area contributed by atoms with E-state index in [4.69, 9.17) is 0 Å². The molecule has 0 saturated heterocycles. The van der Waals surface area contributed by atoms with Crippen molar-refractivity contribution in [3.63, 3.8) is 0 Å². The Hall–Kier alpha value is -2.43. The molecule has 0 spiro atoms. The molecule has 2 aromatic rings. The highest BCUT2D eigenvalue weighted by Crippen LogP contribution is 2.28. The molecule has 1 atom stereocenters. The zero-order chi connectivity index (χ0) is 14.7. The minimum atomic E-state index is -1.03. The van der Waals surface area contributed by atoms with Crippen LogP contribution in [0.3, 0.4) is 0 Å². The summed E-state index contributed by atoms with van der Waals surface area (Å²) < 4.78 is 26.0. The predicted molar refractivity (Wildman–Crippen MR) is 72.0 cm³/mol.